The SMILES string of the molecule is C=CCC(N)c1nc(-c2occc2C)no1. The summed E-state index contributed by atoms with van der Waals surface area (Å²) in [6.45, 7) is 5.52. The van der Waals surface area contributed by atoms with Crippen LogP contribution in [0.3, 0.4) is 0 Å². The highest BCUT2D eigenvalue weighted by Gasteiger charge is 2.17. The van der Waals surface area contributed by atoms with E-state index in [9.17, 15) is 0 Å². The van der Waals surface area contributed by atoms with E-state index in [1.165, 1.54) is 0 Å². The number of aromatic nitrogens is 2. The minimum Gasteiger partial charge on any atom is -0.461 e. The summed E-state index contributed by atoms with van der Waals surface area (Å²) in [7, 11) is 0. The molecule has 1 atom stereocenters. The summed E-state index contributed by atoms with van der Waals surface area (Å²) < 4.78 is 10.3. The third-order valence-corrected chi connectivity index (χ3v) is 2.24. The van der Waals surface area contributed by atoms with E-state index >= 15 is 0 Å². The fourth-order valence-electron chi connectivity index (χ4n) is 1.36. The molecule has 0 bridgehead atoms. The number of nitrogens with zero attached hydrogens (tertiary/aromatic N) is 2. The van der Waals surface area contributed by atoms with Crippen LogP contribution in [0.25, 0.3) is 11.6 Å². The monoisotopic (exact) mass is 219 g/mol. The van der Waals surface area contributed by atoms with Crippen molar-refractivity contribution in [1.82, 2.24) is 10.1 Å². The lowest BCUT2D eigenvalue weighted by Gasteiger charge is -1.99. The Morgan fingerprint density at radius 2 is 2.44 bits per heavy atom. The average Bonchev–Trinajstić information content (AvgIpc) is 2.86. The maximum Gasteiger partial charge on any atom is 0.244 e. The lowest BCUT2D eigenvalue weighted by atomic mass is 10.2. The van der Waals surface area contributed by atoms with Crippen LogP contribution >= 0.6 is 0 Å². The molecule has 84 valence electrons. The molecule has 2 rings (SSSR count). The zero-order valence-electron chi connectivity index (χ0n) is 9.01. The van der Waals surface area contributed by atoms with Crippen molar-refractivity contribution >= 4 is 0 Å². The van der Waals surface area contributed by atoms with E-state index in [1.807, 2.05) is 13.0 Å². The Bertz CT molecular complexity index is 487. The summed E-state index contributed by atoms with van der Waals surface area (Å²) in [4.78, 5) is 4.19. The molecule has 1 unspecified atom stereocenters. The molecule has 0 saturated carbocycles. The van der Waals surface area contributed by atoms with E-state index in [0.29, 0.717) is 23.9 Å². The summed E-state index contributed by atoms with van der Waals surface area (Å²) in [5, 5.41) is 3.83. The Hall–Kier alpha value is -1.88. The van der Waals surface area contributed by atoms with Crippen molar-refractivity contribution < 1.29 is 8.94 Å². The van der Waals surface area contributed by atoms with Gasteiger partial charge in [0.05, 0.1) is 12.3 Å². The summed E-state index contributed by atoms with van der Waals surface area (Å²) in [6, 6.07) is 1.53. The molecule has 0 fully saturated rings. The highest BCUT2D eigenvalue weighted by molar-refractivity contribution is 5.51. The summed E-state index contributed by atoms with van der Waals surface area (Å²) in [6.07, 6.45) is 3.90. The van der Waals surface area contributed by atoms with Crippen molar-refractivity contribution in [3.63, 3.8) is 0 Å². The summed E-state index contributed by atoms with van der Waals surface area (Å²) in [5.41, 5.74) is 6.77. The van der Waals surface area contributed by atoms with Crippen molar-refractivity contribution in [1.29, 1.82) is 0 Å². The van der Waals surface area contributed by atoms with E-state index in [1.54, 1.807) is 12.3 Å². The van der Waals surface area contributed by atoms with Gasteiger partial charge in [-0.1, -0.05) is 11.2 Å². The van der Waals surface area contributed by atoms with E-state index < -0.39 is 0 Å². The predicted molar refractivity (Wildman–Crippen MR) is 58.5 cm³/mol. The van der Waals surface area contributed by atoms with Crippen molar-refractivity contribution in [3.8, 4) is 11.6 Å². The van der Waals surface area contributed by atoms with Gasteiger partial charge in [-0.2, -0.15) is 4.98 Å². The second kappa shape index (κ2) is 4.32. The molecule has 2 aromatic rings. The molecule has 0 radical (unpaired) electrons. The van der Waals surface area contributed by atoms with Crippen LogP contribution in [-0.4, -0.2) is 10.1 Å². The van der Waals surface area contributed by atoms with Crippen molar-refractivity contribution in [2.75, 3.05) is 0 Å². The number of aryl methyl sites for hydroxylation is 1. The predicted octanol–water partition coefficient (Wildman–Crippen LogP) is 2.21. The third-order valence-electron chi connectivity index (χ3n) is 2.24. The van der Waals surface area contributed by atoms with Gasteiger partial charge in [-0.15, -0.1) is 6.58 Å². The molecule has 2 heterocycles. The van der Waals surface area contributed by atoms with Crippen LogP contribution in [0.15, 0.2) is 33.9 Å². The highest BCUT2D eigenvalue weighted by atomic mass is 16.5. The topological polar surface area (TPSA) is 78.1 Å². The number of hydrogen-bond donors (Lipinski definition) is 1. The van der Waals surface area contributed by atoms with Crippen molar-refractivity contribution in [3.05, 3.63) is 36.4 Å². The molecule has 0 amide bonds. The minimum atomic E-state index is -0.311. The number of hydrogen-bond acceptors (Lipinski definition) is 5. The quantitative estimate of drug-likeness (QED) is 0.797. The van der Waals surface area contributed by atoms with Crippen LogP contribution in [0.1, 0.15) is 23.9 Å². The standard InChI is InChI=1S/C11H13N3O2/c1-3-4-8(12)11-13-10(14-16-11)9-7(2)5-6-15-9/h3,5-6,8H,1,4,12H2,2H3. The molecular weight excluding hydrogens is 206 g/mol. The molecule has 5 heteroatoms. The van der Waals surface area contributed by atoms with Gasteiger partial charge in [0.15, 0.2) is 5.76 Å². The van der Waals surface area contributed by atoms with Gasteiger partial charge in [0.1, 0.15) is 0 Å². The van der Waals surface area contributed by atoms with Gasteiger partial charge in [0.2, 0.25) is 11.7 Å². The van der Waals surface area contributed by atoms with Crippen LogP contribution in [0.2, 0.25) is 0 Å². The Labute approximate surface area is 92.9 Å². The second-order valence-electron chi connectivity index (χ2n) is 3.52. The Balaban J connectivity index is 2.26. The van der Waals surface area contributed by atoms with Crippen LogP contribution in [0, 0.1) is 6.92 Å². The van der Waals surface area contributed by atoms with Gasteiger partial charge in [-0.25, -0.2) is 0 Å². The molecule has 16 heavy (non-hydrogen) atoms. The molecule has 2 N–H and O–H groups in total. The largest absolute Gasteiger partial charge is 0.461 e. The molecule has 2 aromatic heterocycles. The van der Waals surface area contributed by atoms with E-state index in [4.69, 9.17) is 14.7 Å². The first-order valence-corrected chi connectivity index (χ1v) is 4.97. The third kappa shape index (κ3) is 1.90. The van der Waals surface area contributed by atoms with Crippen LogP contribution in [0.5, 0.6) is 0 Å². The Morgan fingerprint density at radius 1 is 1.62 bits per heavy atom. The maximum atomic E-state index is 5.81. The molecule has 0 spiro atoms. The van der Waals surface area contributed by atoms with Gasteiger partial charge in [0.25, 0.3) is 0 Å². The molecule has 0 aliphatic heterocycles. The Morgan fingerprint density at radius 3 is 3.06 bits per heavy atom. The van der Waals surface area contributed by atoms with E-state index in [0.717, 1.165) is 5.56 Å². The number of nitrogens with two attached hydrogens (primary N) is 1. The molecular formula is C11H13N3O2. The Kier molecular flexibility index (Phi) is 2.87. The fourth-order valence-corrected chi connectivity index (χ4v) is 1.36. The second-order valence-corrected chi connectivity index (χ2v) is 3.52. The van der Waals surface area contributed by atoms with E-state index in [2.05, 4.69) is 16.7 Å². The highest BCUT2D eigenvalue weighted by Crippen LogP contribution is 2.23. The normalized spacial score (nSPS) is 12.6. The molecule has 5 nitrogen and oxygen atoms in total. The molecule has 0 aliphatic carbocycles. The summed E-state index contributed by atoms with van der Waals surface area (Å²) in [5.74, 6) is 1.43. The lowest BCUT2D eigenvalue weighted by Crippen LogP contribution is -2.09. The zero-order valence-corrected chi connectivity index (χ0v) is 9.01. The van der Waals surface area contributed by atoms with Gasteiger partial charge in [-0.3, -0.25) is 0 Å². The first kappa shape index (κ1) is 10.6. The molecule has 0 saturated heterocycles. The van der Waals surface area contributed by atoms with Crippen LogP contribution in [0.4, 0.5) is 0 Å². The number of furan rings is 1. The smallest absolute Gasteiger partial charge is 0.244 e. The zero-order chi connectivity index (χ0) is 11.5. The van der Waals surface area contributed by atoms with Gasteiger partial charge in [-0.05, 0) is 25.0 Å². The van der Waals surface area contributed by atoms with Crippen LogP contribution < -0.4 is 5.73 Å². The lowest BCUT2D eigenvalue weighted by molar-refractivity contribution is 0.355. The fraction of sp³-hybridized carbons (Fsp3) is 0.273. The van der Waals surface area contributed by atoms with Gasteiger partial charge >= 0.3 is 0 Å². The average molecular weight is 219 g/mol. The maximum absolute atomic E-state index is 5.81. The van der Waals surface area contributed by atoms with Gasteiger partial charge < -0.3 is 14.7 Å². The molecule has 0 aliphatic rings. The minimum absolute atomic E-state index is 0.311. The number of rotatable bonds is 4. The van der Waals surface area contributed by atoms with Crippen molar-refractivity contribution in [2.24, 2.45) is 5.73 Å². The van der Waals surface area contributed by atoms with Crippen LogP contribution in [-0.2, 0) is 0 Å². The molecule has 0 aromatic carbocycles. The van der Waals surface area contributed by atoms with Gasteiger partial charge in [0, 0.05) is 0 Å². The summed E-state index contributed by atoms with van der Waals surface area (Å²) >= 11 is 0. The van der Waals surface area contributed by atoms with Crippen molar-refractivity contribution in [2.45, 2.75) is 19.4 Å². The first-order valence-electron chi connectivity index (χ1n) is 4.97. The first-order chi connectivity index (χ1) is 7.72. The van der Waals surface area contributed by atoms with E-state index in [-0.39, 0.29) is 6.04 Å².